The van der Waals surface area contributed by atoms with Gasteiger partial charge in [-0.2, -0.15) is 0 Å². The molecule has 0 aliphatic carbocycles. The molecule has 2 aromatic rings. The van der Waals surface area contributed by atoms with Crippen molar-refractivity contribution in [1.29, 1.82) is 0 Å². The molecular weight excluding hydrogens is 271 g/mol. The number of thiazole rings is 1. The zero-order valence-corrected chi connectivity index (χ0v) is 13.3. The number of aryl methyl sites for hydroxylation is 3. The van der Waals surface area contributed by atoms with E-state index in [9.17, 15) is 4.39 Å². The van der Waals surface area contributed by atoms with Crippen LogP contribution in [0.1, 0.15) is 46.1 Å². The topological polar surface area (TPSA) is 24.9 Å². The Bertz CT molecular complexity index is 573. The molecule has 1 atom stereocenters. The van der Waals surface area contributed by atoms with Crippen molar-refractivity contribution in [2.75, 3.05) is 6.54 Å². The lowest BCUT2D eigenvalue weighted by molar-refractivity contribution is 0.587. The Kier molecular flexibility index (Phi) is 4.89. The smallest absolute Gasteiger partial charge is 0.123 e. The number of aromatic nitrogens is 1. The van der Waals surface area contributed by atoms with Gasteiger partial charge in [0.25, 0.3) is 0 Å². The molecule has 0 aliphatic heterocycles. The van der Waals surface area contributed by atoms with Crippen molar-refractivity contribution in [3.05, 3.63) is 50.7 Å². The van der Waals surface area contributed by atoms with Crippen LogP contribution < -0.4 is 5.32 Å². The molecule has 108 valence electrons. The molecule has 1 N–H and O–H groups in total. The number of hydrogen-bond donors (Lipinski definition) is 1. The van der Waals surface area contributed by atoms with E-state index >= 15 is 0 Å². The molecule has 2 nitrogen and oxygen atoms in total. The van der Waals surface area contributed by atoms with Gasteiger partial charge in [-0.3, -0.25) is 0 Å². The molecule has 1 unspecified atom stereocenters. The van der Waals surface area contributed by atoms with Crippen LogP contribution in [0.4, 0.5) is 4.39 Å². The molecule has 4 heteroatoms. The maximum absolute atomic E-state index is 13.3. The summed E-state index contributed by atoms with van der Waals surface area (Å²) in [5.41, 5.74) is 3.14. The summed E-state index contributed by atoms with van der Waals surface area (Å²) >= 11 is 1.71. The second kappa shape index (κ2) is 6.46. The highest BCUT2D eigenvalue weighted by atomic mass is 32.1. The molecule has 0 spiro atoms. The van der Waals surface area contributed by atoms with Gasteiger partial charge in [-0.05, 0) is 57.0 Å². The molecule has 0 bridgehead atoms. The minimum absolute atomic E-state index is 0.0490. The summed E-state index contributed by atoms with van der Waals surface area (Å²) in [6.45, 7) is 9.13. The SMILES string of the molecule is CCCNC(c1nc(C)c(C)s1)c1ccc(F)cc1C. The van der Waals surface area contributed by atoms with Crippen LogP contribution in [0.2, 0.25) is 0 Å². The van der Waals surface area contributed by atoms with E-state index in [0.29, 0.717) is 0 Å². The van der Waals surface area contributed by atoms with Gasteiger partial charge < -0.3 is 5.32 Å². The van der Waals surface area contributed by atoms with Crippen molar-refractivity contribution in [2.45, 2.75) is 40.2 Å². The lowest BCUT2D eigenvalue weighted by Crippen LogP contribution is -2.24. The summed E-state index contributed by atoms with van der Waals surface area (Å²) in [5, 5.41) is 4.59. The van der Waals surface area contributed by atoms with Gasteiger partial charge in [-0.1, -0.05) is 13.0 Å². The number of rotatable bonds is 5. The van der Waals surface area contributed by atoms with Gasteiger partial charge in [0.15, 0.2) is 0 Å². The van der Waals surface area contributed by atoms with E-state index in [2.05, 4.69) is 24.1 Å². The van der Waals surface area contributed by atoms with Gasteiger partial charge >= 0.3 is 0 Å². The van der Waals surface area contributed by atoms with Crippen LogP contribution in [-0.2, 0) is 0 Å². The zero-order chi connectivity index (χ0) is 14.7. The molecule has 0 saturated heterocycles. The van der Waals surface area contributed by atoms with E-state index < -0.39 is 0 Å². The van der Waals surface area contributed by atoms with E-state index in [1.165, 1.54) is 10.9 Å². The second-order valence-electron chi connectivity index (χ2n) is 5.08. The first-order valence-electron chi connectivity index (χ1n) is 6.96. The Morgan fingerprint density at radius 1 is 1.30 bits per heavy atom. The molecular formula is C16H21FN2S. The third kappa shape index (κ3) is 3.25. The molecule has 20 heavy (non-hydrogen) atoms. The molecule has 0 fully saturated rings. The largest absolute Gasteiger partial charge is 0.304 e. The minimum atomic E-state index is -0.188. The van der Waals surface area contributed by atoms with E-state index in [-0.39, 0.29) is 11.9 Å². The molecule has 2 rings (SSSR count). The van der Waals surface area contributed by atoms with Crippen molar-refractivity contribution in [1.82, 2.24) is 10.3 Å². The second-order valence-corrected chi connectivity index (χ2v) is 6.32. The summed E-state index contributed by atoms with van der Waals surface area (Å²) < 4.78 is 13.3. The standard InChI is InChI=1S/C16H21FN2S/c1-5-8-18-15(16-19-11(3)12(4)20-16)14-7-6-13(17)9-10(14)2/h6-7,9,15,18H,5,8H2,1-4H3. The fourth-order valence-corrected chi connectivity index (χ4v) is 3.22. The summed E-state index contributed by atoms with van der Waals surface area (Å²) in [7, 11) is 0. The molecule has 0 aliphatic rings. The first-order chi connectivity index (χ1) is 9.52. The molecule has 1 heterocycles. The number of benzene rings is 1. The van der Waals surface area contributed by atoms with Gasteiger partial charge in [-0.25, -0.2) is 9.37 Å². The van der Waals surface area contributed by atoms with Crippen LogP contribution in [0.3, 0.4) is 0 Å². The van der Waals surface area contributed by atoms with Crippen LogP contribution in [0, 0.1) is 26.6 Å². The van der Waals surface area contributed by atoms with Gasteiger partial charge in [0.1, 0.15) is 10.8 Å². The van der Waals surface area contributed by atoms with Crippen molar-refractivity contribution in [3.63, 3.8) is 0 Å². The van der Waals surface area contributed by atoms with Crippen molar-refractivity contribution >= 4 is 11.3 Å². The summed E-state index contributed by atoms with van der Waals surface area (Å²) in [4.78, 5) is 5.90. The Hall–Kier alpha value is -1.26. The van der Waals surface area contributed by atoms with Crippen LogP contribution in [0.5, 0.6) is 0 Å². The van der Waals surface area contributed by atoms with Gasteiger partial charge in [0, 0.05) is 4.88 Å². The van der Waals surface area contributed by atoms with Crippen LogP contribution >= 0.6 is 11.3 Å². The third-order valence-electron chi connectivity index (χ3n) is 3.43. The predicted molar refractivity (Wildman–Crippen MR) is 82.9 cm³/mol. The average Bonchev–Trinajstić information content (AvgIpc) is 2.72. The maximum atomic E-state index is 13.3. The molecule has 1 aromatic carbocycles. The maximum Gasteiger partial charge on any atom is 0.123 e. The van der Waals surface area contributed by atoms with Crippen LogP contribution in [-0.4, -0.2) is 11.5 Å². The lowest BCUT2D eigenvalue weighted by Gasteiger charge is -2.19. The van der Waals surface area contributed by atoms with E-state index in [1.807, 2.05) is 19.9 Å². The molecule has 0 radical (unpaired) electrons. The Morgan fingerprint density at radius 3 is 2.60 bits per heavy atom. The fraction of sp³-hybridized carbons (Fsp3) is 0.438. The molecule has 0 saturated carbocycles. The van der Waals surface area contributed by atoms with Crippen molar-refractivity contribution < 1.29 is 4.39 Å². The molecule has 0 amide bonds. The Balaban J connectivity index is 2.41. The number of nitrogens with one attached hydrogen (secondary N) is 1. The van der Waals surface area contributed by atoms with Gasteiger partial charge in [0.2, 0.25) is 0 Å². The summed E-state index contributed by atoms with van der Waals surface area (Å²) in [6.07, 6.45) is 1.06. The number of halogens is 1. The summed E-state index contributed by atoms with van der Waals surface area (Å²) in [6, 6.07) is 5.02. The minimum Gasteiger partial charge on any atom is -0.304 e. The van der Waals surface area contributed by atoms with Crippen LogP contribution in [0.25, 0.3) is 0 Å². The van der Waals surface area contributed by atoms with Gasteiger partial charge in [0.05, 0.1) is 11.7 Å². The van der Waals surface area contributed by atoms with Crippen molar-refractivity contribution in [3.8, 4) is 0 Å². The average molecular weight is 292 g/mol. The zero-order valence-electron chi connectivity index (χ0n) is 12.5. The fourth-order valence-electron chi connectivity index (χ4n) is 2.20. The van der Waals surface area contributed by atoms with E-state index in [1.54, 1.807) is 17.4 Å². The van der Waals surface area contributed by atoms with Crippen molar-refractivity contribution in [2.24, 2.45) is 0 Å². The van der Waals surface area contributed by atoms with E-state index in [4.69, 9.17) is 0 Å². The highest BCUT2D eigenvalue weighted by Crippen LogP contribution is 2.30. The summed E-state index contributed by atoms with van der Waals surface area (Å²) in [5.74, 6) is -0.188. The van der Waals surface area contributed by atoms with Crippen LogP contribution in [0.15, 0.2) is 18.2 Å². The Morgan fingerprint density at radius 2 is 2.05 bits per heavy atom. The quantitative estimate of drug-likeness (QED) is 0.889. The highest BCUT2D eigenvalue weighted by Gasteiger charge is 2.20. The predicted octanol–water partition coefficient (Wildman–Crippen LogP) is 4.30. The monoisotopic (exact) mass is 292 g/mol. The van der Waals surface area contributed by atoms with Gasteiger partial charge in [-0.15, -0.1) is 11.3 Å². The number of nitrogens with zero attached hydrogens (tertiary/aromatic N) is 1. The lowest BCUT2D eigenvalue weighted by atomic mass is 10.0. The third-order valence-corrected chi connectivity index (χ3v) is 4.57. The van der Waals surface area contributed by atoms with E-state index in [0.717, 1.165) is 34.8 Å². The highest BCUT2D eigenvalue weighted by molar-refractivity contribution is 7.11. The first-order valence-corrected chi connectivity index (χ1v) is 7.78. The molecule has 1 aromatic heterocycles. The Labute approximate surface area is 124 Å². The number of hydrogen-bond acceptors (Lipinski definition) is 3. The normalized spacial score (nSPS) is 12.7. The first kappa shape index (κ1) is 15.1.